The molecule has 4 rings (SSSR count). The van der Waals surface area contributed by atoms with Gasteiger partial charge in [-0.15, -0.1) is 0 Å². The number of nitrogens with zero attached hydrogens (tertiary/aromatic N) is 3. The quantitative estimate of drug-likeness (QED) is 0.425. The number of rotatable bonds is 7. The Bertz CT molecular complexity index is 1230. The topological polar surface area (TPSA) is 99.4 Å². The molecule has 9 heteroatoms. The molecule has 3 heterocycles. The normalized spacial score (nSPS) is 10.8. The Labute approximate surface area is 189 Å². The van der Waals surface area contributed by atoms with Crippen molar-refractivity contribution < 1.29 is 18.8 Å². The Morgan fingerprint density at radius 2 is 1.97 bits per heavy atom. The van der Waals surface area contributed by atoms with Crippen LogP contribution >= 0.6 is 11.3 Å². The number of methoxy groups -OCH3 is 1. The van der Waals surface area contributed by atoms with Crippen molar-refractivity contribution in [2.45, 2.75) is 27.4 Å². The fraction of sp³-hybridized carbons (Fsp3) is 0.217. The van der Waals surface area contributed by atoms with Gasteiger partial charge in [-0.1, -0.05) is 22.6 Å². The molecule has 0 atom stereocenters. The summed E-state index contributed by atoms with van der Waals surface area (Å²) in [6.45, 7) is 5.88. The van der Waals surface area contributed by atoms with E-state index in [0.717, 1.165) is 27.5 Å². The highest BCUT2D eigenvalue weighted by Gasteiger charge is 2.17. The molecule has 1 amide bonds. The average molecular weight is 451 g/mol. The van der Waals surface area contributed by atoms with Crippen LogP contribution in [0.1, 0.15) is 33.1 Å². The molecule has 0 fully saturated rings. The van der Waals surface area contributed by atoms with Crippen LogP contribution in [0.3, 0.4) is 0 Å². The van der Waals surface area contributed by atoms with Crippen molar-refractivity contribution in [1.29, 1.82) is 0 Å². The lowest BCUT2D eigenvalue weighted by molar-refractivity contribution is 0.102. The van der Waals surface area contributed by atoms with Gasteiger partial charge in [0, 0.05) is 11.8 Å². The minimum absolute atomic E-state index is 0.289. The molecule has 3 aromatic heterocycles. The van der Waals surface area contributed by atoms with Crippen molar-refractivity contribution in [2.75, 3.05) is 12.4 Å². The predicted octanol–water partition coefficient (Wildman–Crippen LogP) is 4.96. The van der Waals surface area contributed by atoms with E-state index in [-0.39, 0.29) is 12.5 Å². The molecule has 164 valence electrons. The van der Waals surface area contributed by atoms with E-state index < -0.39 is 0 Å². The van der Waals surface area contributed by atoms with Crippen LogP contribution in [0, 0.1) is 20.8 Å². The number of aromatic nitrogens is 3. The third-order valence-electron chi connectivity index (χ3n) is 4.89. The molecule has 1 N–H and O–H groups in total. The second kappa shape index (κ2) is 9.19. The SMILES string of the molecule is COc1cc(C(=O)Nc2nc(C)c(-c3ccccn3)s2)ccc1OCc1c(C)noc1C. The lowest BCUT2D eigenvalue weighted by atomic mass is 10.2. The van der Waals surface area contributed by atoms with Crippen LogP contribution < -0.4 is 14.8 Å². The standard InChI is InChI=1S/C23H22N4O4S/c1-13-17(15(3)31-27-13)12-30-19-9-8-16(11-20(19)29-4)22(28)26-23-25-14(2)21(32-23)18-7-5-6-10-24-18/h5-11H,12H2,1-4H3,(H,25,26,28). The number of benzene rings is 1. The van der Waals surface area contributed by atoms with Crippen molar-refractivity contribution in [3.63, 3.8) is 0 Å². The molecular weight excluding hydrogens is 428 g/mol. The Kier molecular flexibility index (Phi) is 6.18. The number of pyridine rings is 1. The Morgan fingerprint density at radius 1 is 1.12 bits per heavy atom. The number of carbonyl (C=O) groups is 1. The van der Waals surface area contributed by atoms with Crippen molar-refractivity contribution in [1.82, 2.24) is 15.1 Å². The van der Waals surface area contributed by atoms with E-state index >= 15 is 0 Å². The number of carbonyl (C=O) groups excluding carboxylic acids is 1. The first kappa shape index (κ1) is 21.5. The molecule has 0 aliphatic heterocycles. The third kappa shape index (κ3) is 4.47. The molecule has 32 heavy (non-hydrogen) atoms. The van der Waals surface area contributed by atoms with Gasteiger partial charge >= 0.3 is 0 Å². The van der Waals surface area contributed by atoms with Gasteiger partial charge in [-0.3, -0.25) is 15.1 Å². The summed E-state index contributed by atoms with van der Waals surface area (Å²) in [6, 6.07) is 10.7. The van der Waals surface area contributed by atoms with Gasteiger partial charge in [0.1, 0.15) is 12.4 Å². The highest BCUT2D eigenvalue weighted by atomic mass is 32.1. The maximum atomic E-state index is 12.8. The number of aryl methyl sites for hydroxylation is 3. The second-order valence-electron chi connectivity index (χ2n) is 7.06. The third-order valence-corrected chi connectivity index (χ3v) is 5.99. The molecule has 4 aromatic rings. The highest BCUT2D eigenvalue weighted by molar-refractivity contribution is 7.19. The average Bonchev–Trinajstić information content (AvgIpc) is 3.33. The van der Waals surface area contributed by atoms with E-state index in [0.29, 0.717) is 28.0 Å². The summed E-state index contributed by atoms with van der Waals surface area (Å²) in [4.78, 5) is 22.5. The number of anilines is 1. The number of thiazole rings is 1. The summed E-state index contributed by atoms with van der Waals surface area (Å²) >= 11 is 1.38. The zero-order valence-corrected chi connectivity index (χ0v) is 18.9. The maximum absolute atomic E-state index is 12.8. The molecule has 0 aliphatic carbocycles. The first-order valence-electron chi connectivity index (χ1n) is 9.89. The first-order chi connectivity index (χ1) is 15.5. The van der Waals surface area contributed by atoms with Crippen molar-refractivity contribution in [3.05, 3.63) is 70.9 Å². The summed E-state index contributed by atoms with van der Waals surface area (Å²) < 4.78 is 16.5. The zero-order chi connectivity index (χ0) is 22.7. The fourth-order valence-corrected chi connectivity index (χ4v) is 4.08. The summed E-state index contributed by atoms with van der Waals surface area (Å²) in [5.74, 6) is 1.39. The van der Waals surface area contributed by atoms with Crippen LogP contribution in [-0.2, 0) is 6.61 Å². The molecule has 0 saturated heterocycles. The minimum Gasteiger partial charge on any atom is -0.493 e. The van der Waals surface area contributed by atoms with Gasteiger partial charge in [-0.25, -0.2) is 4.98 Å². The van der Waals surface area contributed by atoms with E-state index in [1.165, 1.54) is 18.4 Å². The van der Waals surface area contributed by atoms with Crippen LogP contribution in [0.5, 0.6) is 11.5 Å². The maximum Gasteiger partial charge on any atom is 0.257 e. The number of amides is 1. The van der Waals surface area contributed by atoms with E-state index in [4.69, 9.17) is 14.0 Å². The molecule has 1 aromatic carbocycles. The molecule has 0 unspecified atom stereocenters. The van der Waals surface area contributed by atoms with E-state index in [1.807, 2.05) is 39.0 Å². The van der Waals surface area contributed by atoms with Crippen molar-refractivity contribution in [2.24, 2.45) is 0 Å². The zero-order valence-electron chi connectivity index (χ0n) is 18.1. The summed E-state index contributed by atoms with van der Waals surface area (Å²) in [5, 5.41) is 7.29. The molecule has 0 spiro atoms. The van der Waals surface area contributed by atoms with Crippen molar-refractivity contribution >= 4 is 22.4 Å². The monoisotopic (exact) mass is 450 g/mol. The molecule has 0 bridgehead atoms. The lowest BCUT2D eigenvalue weighted by Crippen LogP contribution is -2.12. The first-order valence-corrected chi connectivity index (χ1v) is 10.7. The predicted molar refractivity (Wildman–Crippen MR) is 121 cm³/mol. The second-order valence-corrected chi connectivity index (χ2v) is 8.06. The van der Waals surface area contributed by atoms with Crippen LogP contribution in [0.15, 0.2) is 47.1 Å². The van der Waals surface area contributed by atoms with E-state index in [2.05, 4.69) is 20.4 Å². The van der Waals surface area contributed by atoms with Crippen molar-refractivity contribution in [3.8, 4) is 22.1 Å². The summed E-state index contributed by atoms with van der Waals surface area (Å²) in [6.07, 6.45) is 1.73. The molecule has 0 saturated carbocycles. The smallest absolute Gasteiger partial charge is 0.257 e. The van der Waals surface area contributed by atoms with Crippen LogP contribution in [-0.4, -0.2) is 28.1 Å². The number of nitrogens with one attached hydrogen (secondary N) is 1. The molecule has 0 radical (unpaired) electrons. The summed E-state index contributed by atoms with van der Waals surface area (Å²) in [7, 11) is 1.53. The van der Waals surface area contributed by atoms with Gasteiger partial charge in [0.05, 0.1) is 34.6 Å². The van der Waals surface area contributed by atoms with Gasteiger partial charge < -0.3 is 14.0 Å². The Hall–Kier alpha value is -3.72. The number of hydrogen-bond donors (Lipinski definition) is 1. The molecule has 8 nitrogen and oxygen atoms in total. The lowest BCUT2D eigenvalue weighted by Gasteiger charge is -2.12. The van der Waals surface area contributed by atoms with Gasteiger partial charge in [0.2, 0.25) is 0 Å². The number of ether oxygens (including phenoxy) is 2. The highest BCUT2D eigenvalue weighted by Crippen LogP contribution is 2.33. The molecule has 0 aliphatic rings. The fourth-order valence-electron chi connectivity index (χ4n) is 3.14. The van der Waals surface area contributed by atoms with E-state index in [1.54, 1.807) is 24.4 Å². The van der Waals surface area contributed by atoms with Gasteiger partial charge in [0.15, 0.2) is 16.6 Å². The minimum atomic E-state index is -0.290. The van der Waals surface area contributed by atoms with Crippen LogP contribution in [0.4, 0.5) is 5.13 Å². The summed E-state index contributed by atoms with van der Waals surface area (Å²) in [5.41, 5.74) is 3.73. The Morgan fingerprint density at radius 3 is 2.66 bits per heavy atom. The van der Waals surface area contributed by atoms with Crippen LogP contribution in [0.2, 0.25) is 0 Å². The van der Waals surface area contributed by atoms with Gasteiger partial charge in [0.25, 0.3) is 5.91 Å². The van der Waals surface area contributed by atoms with Gasteiger partial charge in [-0.2, -0.15) is 0 Å². The van der Waals surface area contributed by atoms with Crippen LogP contribution in [0.25, 0.3) is 10.6 Å². The number of hydrogen-bond acceptors (Lipinski definition) is 8. The largest absolute Gasteiger partial charge is 0.493 e. The Balaban J connectivity index is 1.48. The molecular formula is C23H22N4O4S. The van der Waals surface area contributed by atoms with E-state index in [9.17, 15) is 4.79 Å². The van der Waals surface area contributed by atoms with Gasteiger partial charge in [-0.05, 0) is 51.1 Å².